The van der Waals surface area contributed by atoms with Gasteiger partial charge in [0.1, 0.15) is 11.6 Å². The Labute approximate surface area is 220 Å². The van der Waals surface area contributed by atoms with Crippen molar-refractivity contribution in [2.24, 2.45) is 17.8 Å². The Kier molecular flexibility index (Phi) is 5.61. The largest absolute Gasteiger partial charge is 0.492 e. The molecule has 7 rings (SSSR count). The van der Waals surface area contributed by atoms with Gasteiger partial charge in [-0.25, -0.2) is 14.5 Å². The first kappa shape index (κ1) is 23.0. The van der Waals surface area contributed by atoms with Crippen molar-refractivity contribution in [2.75, 3.05) is 38.3 Å². The number of aromatic amines is 1. The second-order valence-corrected chi connectivity index (χ2v) is 10.1. The lowest BCUT2D eigenvalue weighted by Gasteiger charge is -2.21. The van der Waals surface area contributed by atoms with Gasteiger partial charge in [0, 0.05) is 49.2 Å². The fourth-order valence-corrected chi connectivity index (χ4v) is 5.90. The third kappa shape index (κ3) is 4.01. The summed E-state index contributed by atoms with van der Waals surface area (Å²) in [5, 5.41) is 16.3. The fourth-order valence-electron chi connectivity index (χ4n) is 5.90. The van der Waals surface area contributed by atoms with Gasteiger partial charge in [-0.1, -0.05) is 6.07 Å². The summed E-state index contributed by atoms with van der Waals surface area (Å²) in [7, 11) is 1.64. The molecule has 10 heteroatoms. The summed E-state index contributed by atoms with van der Waals surface area (Å²) in [5.41, 5.74) is 4.99. The molecule has 2 aliphatic rings. The summed E-state index contributed by atoms with van der Waals surface area (Å²) >= 11 is 0. The van der Waals surface area contributed by atoms with Gasteiger partial charge in [-0.3, -0.25) is 5.10 Å². The summed E-state index contributed by atoms with van der Waals surface area (Å²) in [6.07, 6.45) is 7.57. The minimum Gasteiger partial charge on any atom is -0.492 e. The highest BCUT2D eigenvalue weighted by Crippen LogP contribution is 2.52. The van der Waals surface area contributed by atoms with E-state index in [1.807, 2.05) is 42.3 Å². The summed E-state index contributed by atoms with van der Waals surface area (Å²) in [6.45, 7) is 6.58. The molecule has 0 aromatic carbocycles. The van der Waals surface area contributed by atoms with Gasteiger partial charge in [0.25, 0.3) is 0 Å². The van der Waals surface area contributed by atoms with Crippen molar-refractivity contribution in [3.05, 3.63) is 60.7 Å². The molecule has 1 aliphatic carbocycles. The number of ether oxygens (including phenoxy) is 2. The average molecular weight is 511 g/mol. The van der Waals surface area contributed by atoms with Crippen LogP contribution >= 0.6 is 0 Å². The monoisotopic (exact) mass is 510 g/mol. The lowest BCUT2D eigenvalue weighted by molar-refractivity contribution is 0.338. The van der Waals surface area contributed by atoms with Crippen LogP contribution in [0.4, 0.5) is 5.82 Å². The molecule has 0 radical (unpaired) electrons. The Balaban J connectivity index is 1.01. The molecule has 0 amide bonds. The first-order valence-electron chi connectivity index (χ1n) is 13.1. The Hall–Kier alpha value is -4.18. The zero-order valence-corrected chi connectivity index (χ0v) is 21.5. The number of methoxy groups -OCH3 is 1. The smallest absolute Gasteiger partial charge is 0.212 e. The number of hydrogen-bond donors (Lipinski definition) is 2. The molecule has 5 aromatic heterocycles. The minimum atomic E-state index is 0.593. The highest BCUT2D eigenvalue weighted by Gasteiger charge is 2.55. The lowest BCUT2D eigenvalue weighted by atomic mass is 10.1. The molecule has 194 valence electrons. The summed E-state index contributed by atoms with van der Waals surface area (Å²) in [5.74, 6) is 4.68. The first-order chi connectivity index (χ1) is 18.7. The first-order valence-corrected chi connectivity index (χ1v) is 13.1. The van der Waals surface area contributed by atoms with E-state index in [1.165, 1.54) is 5.56 Å². The molecule has 0 spiro atoms. The van der Waals surface area contributed by atoms with Crippen LogP contribution < -0.4 is 19.7 Å². The van der Waals surface area contributed by atoms with E-state index in [4.69, 9.17) is 14.5 Å². The molecular formula is C28H30N8O2. The highest BCUT2D eigenvalue weighted by molar-refractivity contribution is 6.00. The molecule has 2 N–H and O–H groups in total. The van der Waals surface area contributed by atoms with Crippen molar-refractivity contribution in [1.82, 2.24) is 35.1 Å². The van der Waals surface area contributed by atoms with Crippen LogP contribution in [0.5, 0.6) is 11.6 Å². The molecule has 38 heavy (non-hydrogen) atoms. The number of H-pyrrole nitrogens is 1. The van der Waals surface area contributed by atoms with Crippen LogP contribution in [0.2, 0.25) is 0 Å². The lowest BCUT2D eigenvalue weighted by Crippen LogP contribution is -2.28. The zero-order valence-electron chi connectivity index (χ0n) is 21.5. The van der Waals surface area contributed by atoms with Gasteiger partial charge >= 0.3 is 0 Å². The predicted molar refractivity (Wildman–Crippen MR) is 144 cm³/mol. The van der Waals surface area contributed by atoms with E-state index >= 15 is 0 Å². The quantitative estimate of drug-likeness (QED) is 0.310. The number of fused-ring (bicyclic) bond motifs is 4. The number of anilines is 1. The average Bonchev–Trinajstić information content (AvgIpc) is 3.35. The van der Waals surface area contributed by atoms with Gasteiger partial charge in [-0.2, -0.15) is 5.10 Å². The van der Waals surface area contributed by atoms with Crippen LogP contribution in [-0.2, 0) is 6.54 Å². The molecular weight excluding hydrogens is 480 g/mol. The van der Waals surface area contributed by atoms with Crippen molar-refractivity contribution in [3.8, 4) is 22.8 Å². The van der Waals surface area contributed by atoms with E-state index < -0.39 is 0 Å². The number of piperidine rings is 1. The number of aromatic nitrogens is 6. The van der Waals surface area contributed by atoms with Gasteiger partial charge < -0.3 is 19.7 Å². The van der Waals surface area contributed by atoms with E-state index in [-0.39, 0.29) is 0 Å². The minimum absolute atomic E-state index is 0.593. The maximum absolute atomic E-state index is 5.81. The van der Waals surface area contributed by atoms with Crippen molar-refractivity contribution in [3.63, 3.8) is 0 Å². The molecule has 10 nitrogen and oxygen atoms in total. The van der Waals surface area contributed by atoms with Crippen molar-refractivity contribution in [1.29, 1.82) is 0 Å². The standard InChI is InChI=1S/C28H30N8O2/c1-3-38-19-8-20(27-22-13-32-33-28(22)34-36(27)14-19)18-5-6-25(30-11-18)35-15-23-21(24(23)16-35)12-29-9-17-4-7-26(37-2)31-10-17/h4-8,10-11,13-14,21,23-24,29H,3,9,12,15-16H2,1-2H3,(H,33,34)/t21-,23+,24-. The Morgan fingerprint density at radius 3 is 2.71 bits per heavy atom. The number of pyridine rings is 3. The van der Waals surface area contributed by atoms with Crippen molar-refractivity contribution >= 4 is 22.4 Å². The van der Waals surface area contributed by atoms with Crippen LogP contribution in [-0.4, -0.2) is 63.1 Å². The molecule has 5 aromatic rings. The van der Waals surface area contributed by atoms with Gasteiger partial charge in [0.15, 0.2) is 5.65 Å². The Morgan fingerprint density at radius 1 is 1.08 bits per heavy atom. The van der Waals surface area contributed by atoms with Gasteiger partial charge in [-0.05, 0) is 55.0 Å². The topological polar surface area (TPSA) is 105 Å². The van der Waals surface area contributed by atoms with Crippen LogP contribution in [0.3, 0.4) is 0 Å². The second kappa shape index (κ2) is 9.29. The van der Waals surface area contributed by atoms with E-state index in [0.29, 0.717) is 12.5 Å². The van der Waals surface area contributed by atoms with Crippen LogP contribution in [0, 0.1) is 17.8 Å². The van der Waals surface area contributed by atoms with Gasteiger partial charge in [0.2, 0.25) is 5.88 Å². The number of nitrogens with one attached hydrogen (secondary N) is 2. The zero-order chi connectivity index (χ0) is 25.6. The third-order valence-corrected chi connectivity index (χ3v) is 7.88. The van der Waals surface area contributed by atoms with Crippen molar-refractivity contribution < 1.29 is 9.47 Å². The molecule has 1 saturated carbocycles. The second-order valence-electron chi connectivity index (χ2n) is 10.1. The molecule has 0 unspecified atom stereocenters. The van der Waals surface area contributed by atoms with Crippen LogP contribution in [0.15, 0.2) is 55.1 Å². The molecule has 2 fully saturated rings. The summed E-state index contributed by atoms with van der Waals surface area (Å²) < 4.78 is 12.8. The van der Waals surface area contributed by atoms with Gasteiger partial charge in [-0.15, -0.1) is 5.10 Å². The Bertz CT molecular complexity index is 1560. The van der Waals surface area contributed by atoms with E-state index in [2.05, 4.69) is 54.8 Å². The number of hydrogen-bond acceptors (Lipinski definition) is 8. The van der Waals surface area contributed by atoms with Crippen LogP contribution in [0.25, 0.3) is 27.7 Å². The molecule has 0 bridgehead atoms. The maximum Gasteiger partial charge on any atom is 0.212 e. The number of rotatable bonds is 9. The molecule has 3 atom stereocenters. The molecule has 1 saturated heterocycles. The van der Waals surface area contributed by atoms with E-state index in [0.717, 1.165) is 83.2 Å². The van der Waals surface area contributed by atoms with E-state index in [9.17, 15) is 0 Å². The third-order valence-electron chi connectivity index (χ3n) is 7.88. The highest BCUT2D eigenvalue weighted by atomic mass is 16.5. The van der Waals surface area contributed by atoms with Crippen molar-refractivity contribution in [2.45, 2.75) is 13.5 Å². The number of nitrogens with zero attached hydrogens (tertiary/aromatic N) is 6. The fraction of sp³-hybridized carbons (Fsp3) is 0.357. The summed E-state index contributed by atoms with van der Waals surface area (Å²) in [4.78, 5) is 11.6. The normalized spacial score (nSPS) is 20.3. The van der Waals surface area contributed by atoms with Crippen LogP contribution in [0.1, 0.15) is 12.5 Å². The summed E-state index contributed by atoms with van der Waals surface area (Å²) in [6, 6.07) is 10.3. The molecule has 1 aliphatic heterocycles. The van der Waals surface area contributed by atoms with Gasteiger partial charge in [0.05, 0.1) is 37.0 Å². The SMILES string of the molecule is CCOc1cc(-c2ccc(N3C[C@@H]4[C@H](CNCc5ccc(OC)nc5)[C@@H]4C3)nc2)c2c3cn[nH]c3nn2c1. The Morgan fingerprint density at radius 2 is 1.97 bits per heavy atom. The van der Waals surface area contributed by atoms with E-state index in [1.54, 1.807) is 7.11 Å². The molecule has 6 heterocycles. The maximum atomic E-state index is 5.81. The predicted octanol–water partition coefficient (Wildman–Crippen LogP) is 3.55.